The summed E-state index contributed by atoms with van der Waals surface area (Å²) in [5.74, 6) is 0. The van der Waals surface area contributed by atoms with Gasteiger partial charge >= 0.3 is 6.55 Å². The summed E-state index contributed by atoms with van der Waals surface area (Å²) in [5, 5.41) is 3.75. The highest BCUT2D eigenvalue weighted by Gasteiger charge is 2.13. The predicted octanol–water partition coefficient (Wildman–Crippen LogP) is 3.20. The molecule has 86 valence electrons. The van der Waals surface area contributed by atoms with Crippen LogP contribution in [0, 0.1) is 3.57 Å². The molecule has 0 bridgehead atoms. The van der Waals surface area contributed by atoms with Gasteiger partial charge in [0.2, 0.25) is 0 Å². The van der Waals surface area contributed by atoms with E-state index in [1.165, 1.54) is 6.20 Å². The third kappa shape index (κ3) is 3.67. The minimum absolute atomic E-state index is 0.123. The molecule has 1 heterocycles. The lowest BCUT2D eigenvalue weighted by Gasteiger charge is -2.08. The second kappa shape index (κ2) is 5.74. The van der Waals surface area contributed by atoms with E-state index in [2.05, 4.69) is 5.10 Å². The summed E-state index contributed by atoms with van der Waals surface area (Å²) in [6.07, 6.45) is 2.34. The molecule has 1 atom stereocenters. The van der Waals surface area contributed by atoms with E-state index in [0.29, 0.717) is 13.9 Å². The Morgan fingerprint density at radius 1 is 1.60 bits per heavy atom. The molecule has 0 aliphatic carbocycles. The molecular formula is C9H13F2IN2O. The first-order valence-electron chi connectivity index (χ1n) is 4.67. The first-order chi connectivity index (χ1) is 7.04. The second-order valence-electron chi connectivity index (χ2n) is 3.21. The molecule has 0 spiro atoms. The highest BCUT2D eigenvalue weighted by Crippen LogP contribution is 2.17. The van der Waals surface area contributed by atoms with Crippen LogP contribution in [0.2, 0.25) is 0 Å². The zero-order chi connectivity index (χ0) is 11.4. The van der Waals surface area contributed by atoms with Gasteiger partial charge in [-0.25, -0.2) is 4.68 Å². The number of alkyl halides is 2. The normalized spacial score (nSPS) is 13.5. The van der Waals surface area contributed by atoms with Crippen LogP contribution in [-0.4, -0.2) is 15.9 Å². The first-order valence-corrected chi connectivity index (χ1v) is 5.75. The standard InChI is InChI=1S/C9H13F2IN2O/c1-3-6(2)15-5-8-7(12)4-14(13-8)9(10)11/h4,6,9H,3,5H2,1-2H3/t6-/m1/s1. The molecule has 15 heavy (non-hydrogen) atoms. The third-order valence-electron chi connectivity index (χ3n) is 2.04. The molecule has 0 saturated heterocycles. The Labute approximate surface area is 101 Å². The molecule has 0 N–H and O–H groups in total. The fourth-order valence-corrected chi connectivity index (χ4v) is 1.49. The number of hydrogen-bond donors (Lipinski definition) is 0. The summed E-state index contributed by atoms with van der Waals surface area (Å²) in [4.78, 5) is 0. The van der Waals surface area contributed by atoms with Crippen molar-refractivity contribution in [1.29, 1.82) is 0 Å². The Morgan fingerprint density at radius 3 is 2.73 bits per heavy atom. The van der Waals surface area contributed by atoms with Crippen LogP contribution >= 0.6 is 22.6 Å². The Hall–Kier alpha value is -0.240. The van der Waals surface area contributed by atoms with Crippen molar-refractivity contribution >= 4 is 22.6 Å². The molecule has 1 aromatic rings. The summed E-state index contributed by atoms with van der Waals surface area (Å²) in [6.45, 7) is 1.65. The highest BCUT2D eigenvalue weighted by molar-refractivity contribution is 14.1. The maximum absolute atomic E-state index is 12.3. The van der Waals surface area contributed by atoms with E-state index < -0.39 is 6.55 Å². The lowest BCUT2D eigenvalue weighted by Crippen LogP contribution is -2.07. The van der Waals surface area contributed by atoms with Gasteiger partial charge < -0.3 is 4.74 Å². The van der Waals surface area contributed by atoms with Crippen molar-refractivity contribution in [2.45, 2.75) is 39.5 Å². The molecule has 1 aromatic heterocycles. The minimum Gasteiger partial charge on any atom is -0.372 e. The average molecular weight is 330 g/mol. The van der Waals surface area contributed by atoms with Gasteiger partial charge in [-0.2, -0.15) is 13.9 Å². The minimum atomic E-state index is -2.59. The van der Waals surface area contributed by atoms with E-state index in [0.717, 1.165) is 6.42 Å². The second-order valence-corrected chi connectivity index (χ2v) is 4.37. The molecule has 1 rings (SSSR count). The molecule has 0 unspecified atom stereocenters. The molecule has 0 saturated carbocycles. The van der Waals surface area contributed by atoms with Crippen molar-refractivity contribution in [2.24, 2.45) is 0 Å². The van der Waals surface area contributed by atoms with Crippen molar-refractivity contribution in [3.63, 3.8) is 0 Å². The van der Waals surface area contributed by atoms with Crippen LogP contribution in [0.1, 0.15) is 32.5 Å². The van der Waals surface area contributed by atoms with E-state index in [-0.39, 0.29) is 12.7 Å². The quantitative estimate of drug-likeness (QED) is 0.776. The smallest absolute Gasteiger partial charge is 0.333 e. The molecule has 0 fully saturated rings. The zero-order valence-electron chi connectivity index (χ0n) is 8.58. The van der Waals surface area contributed by atoms with Gasteiger partial charge in [-0.3, -0.25) is 0 Å². The van der Waals surface area contributed by atoms with Gasteiger partial charge in [0, 0.05) is 6.20 Å². The highest BCUT2D eigenvalue weighted by atomic mass is 127. The number of rotatable bonds is 5. The van der Waals surface area contributed by atoms with E-state index in [1.807, 2.05) is 36.4 Å². The molecule has 0 amide bonds. The maximum Gasteiger partial charge on any atom is 0.333 e. The lowest BCUT2D eigenvalue weighted by atomic mass is 10.3. The van der Waals surface area contributed by atoms with Crippen molar-refractivity contribution in [3.05, 3.63) is 15.5 Å². The Bertz CT molecular complexity index is 317. The largest absolute Gasteiger partial charge is 0.372 e. The number of hydrogen-bond acceptors (Lipinski definition) is 2. The molecule has 0 aliphatic rings. The van der Waals surface area contributed by atoms with Crippen LogP contribution in [0.4, 0.5) is 8.78 Å². The van der Waals surface area contributed by atoms with Gasteiger partial charge in [0.25, 0.3) is 0 Å². The Kier molecular flexibility index (Phi) is 4.91. The van der Waals surface area contributed by atoms with Crippen LogP contribution < -0.4 is 0 Å². The van der Waals surface area contributed by atoms with Crippen molar-refractivity contribution in [2.75, 3.05) is 0 Å². The summed E-state index contributed by atoms with van der Waals surface area (Å²) < 4.78 is 31.3. The summed E-state index contributed by atoms with van der Waals surface area (Å²) in [7, 11) is 0. The van der Waals surface area contributed by atoms with Crippen LogP contribution in [0.5, 0.6) is 0 Å². The van der Waals surface area contributed by atoms with E-state index in [9.17, 15) is 8.78 Å². The number of halogens is 3. The number of aromatic nitrogens is 2. The Morgan fingerprint density at radius 2 is 2.27 bits per heavy atom. The lowest BCUT2D eigenvalue weighted by molar-refractivity contribution is 0.0413. The summed E-state index contributed by atoms with van der Waals surface area (Å²) in [5.41, 5.74) is 0.566. The van der Waals surface area contributed by atoms with Gasteiger partial charge in [-0.15, -0.1) is 0 Å². The predicted molar refractivity (Wildman–Crippen MR) is 60.7 cm³/mol. The van der Waals surface area contributed by atoms with Crippen LogP contribution in [0.15, 0.2) is 6.20 Å². The first kappa shape index (κ1) is 12.8. The zero-order valence-corrected chi connectivity index (χ0v) is 10.7. The number of nitrogens with zero attached hydrogens (tertiary/aromatic N) is 2. The van der Waals surface area contributed by atoms with Crippen LogP contribution in [-0.2, 0) is 11.3 Å². The molecule has 0 aliphatic heterocycles. The van der Waals surface area contributed by atoms with E-state index in [4.69, 9.17) is 4.74 Å². The van der Waals surface area contributed by atoms with Crippen molar-refractivity contribution < 1.29 is 13.5 Å². The monoisotopic (exact) mass is 330 g/mol. The number of ether oxygens (including phenoxy) is 1. The van der Waals surface area contributed by atoms with Gasteiger partial charge in [0.15, 0.2) is 0 Å². The molecule has 0 radical (unpaired) electrons. The third-order valence-corrected chi connectivity index (χ3v) is 2.94. The molecular weight excluding hydrogens is 317 g/mol. The SMILES string of the molecule is CC[C@@H](C)OCc1nn(C(F)F)cc1I. The fourth-order valence-electron chi connectivity index (χ4n) is 0.944. The topological polar surface area (TPSA) is 27.1 Å². The maximum atomic E-state index is 12.3. The molecule has 0 aromatic carbocycles. The fraction of sp³-hybridized carbons (Fsp3) is 0.667. The van der Waals surface area contributed by atoms with Gasteiger partial charge in [0.05, 0.1) is 16.3 Å². The van der Waals surface area contributed by atoms with Gasteiger partial charge in [-0.05, 0) is 35.9 Å². The Balaban J connectivity index is 2.61. The van der Waals surface area contributed by atoms with Crippen LogP contribution in [0.3, 0.4) is 0 Å². The average Bonchev–Trinajstić information content (AvgIpc) is 2.56. The van der Waals surface area contributed by atoms with Gasteiger partial charge in [0.1, 0.15) is 5.69 Å². The van der Waals surface area contributed by atoms with Crippen molar-refractivity contribution in [1.82, 2.24) is 9.78 Å². The van der Waals surface area contributed by atoms with Gasteiger partial charge in [-0.1, -0.05) is 6.92 Å². The molecule has 6 heteroatoms. The van der Waals surface area contributed by atoms with E-state index >= 15 is 0 Å². The summed E-state index contributed by atoms with van der Waals surface area (Å²) in [6, 6.07) is 0. The molecule has 3 nitrogen and oxygen atoms in total. The summed E-state index contributed by atoms with van der Waals surface area (Å²) >= 11 is 1.98. The van der Waals surface area contributed by atoms with E-state index in [1.54, 1.807) is 0 Å². The van der Waals surface area contributed by atoms with Crippen molar-refractivity contribution in [3.8, 4) is 0 Å². The van der Waals surface area contributed by atoms with Crippen LogP contribution in [0.25, 0.3) is 0 Å².